The Kier molecular flexibility index (Phi) is 10.6. The van der Waals surface area contributed by atoms with Crippen LogP contribution >= 0.6 is 7.82 Å². The molecule has 41 heavy (non-hydrogen) atoms. The number of carbonyl (C=O) groups excluding carboxylic acids is 1. The van der Waals surface area contributed by atoms with E-state index in [2.05, 4.69) is 5.32 Å². The van der Waals surface area contributed by atoms with Gasteiger partial charge in [0, 0.05) is 5.70 Å². The first kappa shape index (κ1) is 31.2. The van der Waals surface area contributed by atoms with Crippen molar-refractivity contribution in [2.75, 3.05) is 6.61 Å². The molecule has 2 atom stereocenters. The van der Waals surface area contributed by atoms with Crippen molar-refractivity contribution in [3.63, 3.8) is 0 Å². The van der Waals surface area contributed by atoms with Gasteiger partial charge >= 0.3 is 13.8 Å². The second-order valence-corrected chi connectivity index (χ2v) is 12.5. The van der Waals surface area contributed by atoms with Gasteiger partial charge in [0.1, 0.15) is 5.84 Å². The molecule has 4 rings (SSSR count). The molecule has 1 heterocycles. The van der Waals surface area contributed by atoms with E-state index >= 15 is 0 Å². The van der Waals surface area contributed by atoms with Crippen LogP contribution in [0.4, 0.5) is 0 Å². The molecule has 2 aliphatic rings. The summed E-state index contributed by atoms with van der Waals surface area (Å²) in [4.78, 5) is 19.5. The van der Waals surface area contributed by atoms with Crippen LogP contribution in [0.1, 0.15) is 83.8 Å². The summed E-state index contributed by atoms with van der Waals surface area (Å²) in [7, 11) is -4.33. The number of ether oxygens (including phenoxy) is 1. The smallest absolute Gasteiger partial charge is 0.463 e. The highest BCUT2D eigenvalue weighted by atomic mass is 31.2. The summed E-state index contributed by atoms with van der Waals surface area (Å²) in [6.07, 6.45) is 5.93. The van der Waals surface area contributed by atoms with Crippen molar-refractivity contribution in [1.29, 1.82) is 0 Å². The van der Waals surface area contributed by atoms with Gasteiger partial charge in [-0.15, -0.1) is 0 Å². The average molecular weight is 583 g/mol. The number of phosphoric ester groups is 1. The Bertz CT molecular complexity index is 1240. The van der Waals surface area contributed by atoms with E-state index in [0.717, 1.165) is 48.9 Å². The number of rotatable bonds is 11. The summed E-state index contributed by atoms with van der Waals surface area (Å²) in [6.45, 7) is 8.81. The molecule has 2 unspecified atom stereocenters. The van der Waals surface area contributed by atoms with Crippen LogP contribution in [0.3, 0.4) is 0 Å². The third-order valence-electron chi connectivity index (χ3n) is 7.02. The number of nitrogens with one attached hydrogen (secondary N) is 1. The van der Waals surface area contributed by atoms with Gasteiger partial charge in [0.25, 0.3) is 0 Å². The highest BCUT2D eigenvalue weighted by molar-refractivity contribution is 7.48. The van der Waals surface area contributed by atoms with Crippen molar-refractivity contribution >= 4 is 25.3 Å². The van der Waals surface area contributed by atoms with Crippen LogP contribution in [0.2, 0.25) is 0 Å². The Balaban J connectivity index is 2.01. The van der Waals surface area contributed by atoms with E-state index in [0.29, 0.717) is 0 Å². The number of nitrogens with zero attached hydrogens (tertiary/aromatic N) is 1. The van der Waals surface area contributed by atoms with Gasteiger partial charge in [0.2, 0.25) is 5.60 Å². The molecule has 0 spiro atoms. The highest BCUT2D eigenvalue weighted by Crippen LogP contribution is 2.58. The van der Waals surface area contributed by atoms with Gasteiger partial charge in [-0.2, -0.15) is 0 Å². The molecule has 0 bridgehead atoms. The number of benzene rings is 2. The molecule has 1 fully saturated rings. The number of esters is 1. The summed E-state index contributed by atoms with van der Waals surface area (Å²) >= 11 is 0. The third-order valence-corrected chi connectivity index (χ3v) is 8.89. The predicted octanol–water partition coefficient (Wildman–Crippen LogP) is 7.42. The molecule has 9 heteroatoms. The predicted molar refractivity (Wildman–Crippen MR) is 162 cm³/mol. The summed E-state index contributed by atoms with van der Waals surface area (Å²) in [5.41, 5.74) is 0.489. The van der Waals surface area contributed by atoms with Crippen molar-refractivity contribution in [3.8, 4) is 0 Å². The van der Waals surface area contributed by atoms with Crippen molar-refractivity contribution in [2.24, 2.45) is 4.99 Å². The Morgan fingerprint density at radius 3 is 2.10 bits per heavy atom. The molecule has 2 aromatic rings. The number of carbonyl (C=O) groups is 1. The molecule has 1 aliphatic heterocycles. The maximum absolute atomic E-state index is 14.4. The maximum Gasteiger partial charge on any atom is 0.476 e. The fourth-order valence-electron chi connectivity index (χ4n) is 5.35. The fraction of sp³-hybridized carbons (Fsp3) is 0.500. The Labute approximate surface area is 244 Å². The molecular formula is C32H43N2O6P. The minimum atomic E-state index is -4.33. The largest absolute Gasteiger partial charge is 0.476 e. The van der Waals surface area contributed by atoms with Crippen LogP contribution in [-0.2, 0) is 27.7 Å². The quantitative estimate of drug-likeness (QED) is 0.218. The summed E-state index contributed by atoms with van der Waals surface area (Å²) in [5.74, 6) is -1.22. The Morgan fingerprint density at radius 1 is 0.951 bits per heavy atom. The summed E-state index contributed by atoms with van der Waals surface area (Å²) in [5, 5.41) is 3.43. The molecule has 0 aromatic heterocycles. The maximum atomic E-state index is 14.4. The first-order chi connectivity index (χ1) is 19.7. The van der Waals surface area contributed by atoms with Gasteiger partial charge in [0.15, 0.2) is 0 Å². The third kappa shape index (κ3) is 7.55. The minimum Gasteiger partial charge on any atom is -0.463 e. The number of amidine groups is 1. The van der Waals surface area contributed by atoms with E-state index in [4.69, 9.17) is 23.3 Å². The zero-order valence-corrected chi connectivity index (χ0v) is 25.6. The topological polar surface area (TPSA) is 95.5 Å². The molecular weight excluding hydrogens is 539 g/mol. The average Bonchev–Trinajstić information content (AvgIpc) is 2.94. The van der Waals surface area contributed by atoms with Gasteiger partial charge in [-0.05, 0) is 64.7 Å². The standard InChI is InChI=1S/C32H43N2O6P/c1-6-37-31(35)32(40-41(36,38-23(2)3)39-24(4)5)28(25-16-10-7-11-17-25)22-29(26-18-12-8-13-19-26)34-30(32)33-27-20-14-9-15-21-27/h7-8,10-13,16-19,22-24,27-28H,6,9,14-15,20-21H2,1-5H3,(H,33,34). The first-order valence-corrected chi connectivity index (χ1v) is 16.1. The van der Waals surface area contributed by atoms with Crippen LogP contribution in [-0.4, -0.2) is 42.3 Å². The number of hydrogen-bond acceptors (Lipinski definition) is 7. The van der Waals surface area contributed by atoms with Gasteiger partial charge in [-0.1, -0.05) is 79.9 Å². The van der Waals surface area contributed by atoms with Crippen LogP contribution in [0.5, 0.6) is 0 Å². The summed E-state index contributed by atoms with van der Waals surface area (Å²) in [6, 6.07) is 19.4. The van der Waals surface area contributed by atoms with Crippen LogP contribution < -0.4 is 5.32 Å². The lowest BCUT2D eigenvalue weighted by Gasteiger charge is -2.43. The van der Waals surface area contributed by atoms with E-state index in [1.807, 2.05) is 66.7 Å². The van der Waals surface area contributed by atoms with Crippen molar-refractivity contribution < 1.29 is 27.7 Å². The lowest BCUT2D eigenvalue weighted by molar-refractivity contribution is -0.159. The van der Waals surface area contributed by atoms with Crippen LogP contribution in [0.25, 0.3) is 5.70 Å². The van der Waals surface area contributed by atoms with Gasteiger partial charge in [-0.3, -0.25) is 18.6 Å². The first-order valence-electron chi connectivity index (χ1n) is 14.7. The molecule has 0 saturated heterocycles. The zero-order valence-electron chi connectivity index (χ0n) is 24.7. The van der Waals surface area contributed by atoms with Gasteiger partial charge in [0.05, 0.1) is 30.8 Å². The summed E-state index contributed by atoms with van der Waals surface area (Å²) < 4.78 is 38.3. The van der Waals surface area contributed by atoms with Crippen LogP contribution in [0.15, 0.2) is 71.7 Å². The monoisotopic (exact) mass is 582 g/mol. The molecule has 1 aliphatic carbocycles. The Morgan fingerprint density at radius 2 is 1.54 bits per heavy atom. The van der Waals surface area contributed by atoms with Gasteiger partial charge < -0.3 is 10.1 Å². The number of hydrogen-bond donors (Lipinski definition) is 1. The van der Waals surface area contributed by atoms with E-state index in [1.54, 1.807) is 34.6 Å². The fourth-order valence-corrected chi connectivity index (χ4v) is 7.15. The van der Waals surface area contributed by atoms with E-state index in [1.165, 1.54) is 0 Å². The molecule has 222 valence electrons. The van der Waals surface area contributed by atoms with E-state index in [-0.39, 0.29) is 18.5 Å². The number of phosphoric acid groups is 1. The second-order valence-electron chi connectivity index (χ2n) is 11.0. The van der Waals surface area contributed by atoms with Gasteiger partial charge in [-0.25, -0.2) is 9.36 Å². The molecule has 1 N–H and O–H groups in total. The second kappa shape index (κ2) is 13.9. The molecule has 0 amide bonds. The molecule has 1 saturated carbocycles. The lowest BCUT2D eigenvalue weighted by Crippen LogP contribution is -2.60. The molecule has 8 nitrogen and oxygen atoms in total. The van der Waals surface area contributed by atoms with E-state index < -0.39 is 37.5 Å². The highest BCUT2D eigenvalue weighted by Gasteiger charge is 2.60. The van der Waals surface area contributed by atoms with Crippen molar-refractivity contribution in [1.82, 2.24) is 5.32 Å². The molecule has 2 aromatic carbocycles. The SMILES string of the molecule is CCOC(=O)C1(OP(=O)(OC(C)C)OC(C)C)C(=NC2CCCCC2)NC(c2ccccc2)=CC1c1ccccc1. The number of aliphatic imine (C=N–C) groups is 1. The van der Waals surface area contributed by atoms with Crippen molar-refractivity contribution in [3.05, 3.63) is 77.9 Å². The lowest BCUT2D eigenvalue weighted by atomic mass is 9.77. The zero-order chi connectivity index (χ0) is 29.5. The van der Waals surface area contributed by atoms with Crippen LogP contribution in [0, 0.1) is 0 Å². The minimum absolute atomic E-state index is 0.0355. The Hall–Kier alpha value is -2.77. The van der Waals surface area contributed by atoms with E-state index in [9.17, 15) is 9.36 Å². The van der Waals surface area contributed by atoms with Crippen molar-refractivity contribution in [2.45, 2.75) is 96.5 Å². The molecule has 0 radical (unpaired) electrons. The normalized spacial score (nSPS) is 23.0.